The zero-order valence-electron chi connectivity index (χ0n) is 17.2. The lowest BCUT2D eigenvalue weighted by Gasteiger charge is -2.31. The van der Waals surface area contributed by atoms with E-state index in [9.17, 15) is 14.0 Å². The summed E-state index contributed by atoms with van der Waals surface area (Å²) in [6.45, 7) is 0.137. The fraction of sp³-hybridized carbons (Fsp3) is 0.200. The lowest BCUT2D eigenvalue weighted by Crippen LogP contribution is -2.50. The van der Waals surface area contributed by atoms with Crippen LogP contribution in [0.5, 0.6) is 0 Å². The van der Waals surface area contributed by atoms with Crippen molar-refractivity contribution in [1.82, 2.24) is 10.2 Å². The first-order chi connectivity index (χ1) is 15.0. The molecule has 0 aliphatic carbocycles. The molecule has 0 aliphatic rings. The van der Waals surface area contributed by atoms with Crippen LogP contribution in [0.2, 0.25) is 5.02 Å². The van der Waals surface area contributed by atoms with Crippen LogP contribution in [0.4, 0.5) is 4.39 Å². The van der Waals surface area contributed by atoms with E-state index >= 15 is 0 Å². The number of benzene rings is 3. The van der Waals surface area contributed by atoms with E-state index in [1.54, 1.807) is 30.3 Å². The topological polar surface area (TPSA) is 49.4 Å². The van der Waals surface area contributed by atoms with E-state index < -0.39 is 11.9 Å². The van der Waals surface area contributed by atoms with Gasteiger partial charge in [0, 0.05) is 25.0 Å². The van der Waals surface area contributed by atoms with E-state index in [0.29, 0.717) is 17.0 Å². The highest BCUT2D eigenvalue weighted by Crippen LogP contribution is 2.21. The quantitative estimate of drug-likeness (QED) is 0.566. The molecule has 3 aromatic carbocycles. The summed E-state index contributed by atoms with van der Waals surface area (Å²) in [4.78, 5) is 27.7. The van der Waals surface area contributed by atoms with Crippen molar-refractivity contribution in [2.24, 2.45) is 0 Å². The Morgan fingerprint density at radius 3 is 2.19 bits per heavy atom. The average molecular weight is 439 g/mol. The van der Waals surface area contributed by atoms with Gasteiger partial charge in [-0.05, 0) is 28.8 Å². The molecular formula is C25H24ClFN2O2. The molecule has 1 unspecified atom stereocenters. The van der Waals surface area contributed by atoms with Crippen LogP contribution in [0.15, 0.2) is 78.9 Å². The summed E-state index contributed by atoms with van der Waals surface area (Å²) in [6, 6.07) is 22.0. The molecule has 0 saturated heterocycles. The lowest BCUT2D eigenvalue weighted by molar-refractivity contribution is -0.140. The van der Waals surface area contributed by atoms with E-state index in [4.69, 9.17) is 11.6 Å². The van der Waals surface area contributed by atoms with Crippen LogP contribution in [-0.4, -0.2) is 29.8 Å². The van der Waals surface area contributed by atoms with Crippen LogP contribution < -0.4 is 5.32 Å². The maximum absolute atomic E-state index is 14.2. The van der Waals surface area contributed by atoms with E-state index in [1.807, 2.05) is 42.5 Å². The van der Waals surface area contributed by atoms with Gasteiger partial charge in [-0.2, -0.15) is 0 Å². The van der Waals surface area contributed by atoms with Gasteiger partial charge in [0.1, 0.15) is 11.9 Å². The van der Waals surface area contributed by atoms with Crippen molar-refractivity contribution < 1.29 is 14.0 Å². The van der Waals surface area contributed by atoms with Crippen molar-refractivity contribution >= 4 is 23.4 Å². The molecule has 0 aromatic heterocycles. The number of hydrogen-bond acceptors (Lipinski definition) is 2. The van der Waals surface area contributed by atoms with E-state index in [1.165, 1.54) is 18.0 Å². The number of nitrogens with zero attached hydrogens (tertiary/aromatic N) is 1. The fourth-order valence-electron chi connectivity index (χ4n) is 3.44. The maximum Gasteiger partial charge on any atom is 0.242 e. The zero-order valence-corrected chi connectivity index (χ0v) is 18.0. The smallest absolute Gasteiger partial charge is 0.242 e. The molecule has 0 saturated carbocycles. The highest BCUT2D eigenvalue weighted by atomic mass is 35.5. The van der Waals surface area contributed by atoms with Crippen molar-refractivity contribution in [2.75, 3.05) is 7.05 Å². The van der Waals surface area contributed by atoms with Gasteiger partial charge in [0.15, 0.2) is 0 Å². The number of carbonyl (C=O) groups excluding carboxylic acids is 2. The van der Waals surface area contributed by atoms with E-state index in [0.717, 1.165) is 5.56 Å². The van der Waals surface area contributed by atoms with Crippen LogP contribution in [0.25, 0.3) is 0 Å². The summed E-state index contributed by atoms with van der Waals surface area (Å²) in [6.07, 6.45) is 0.174. The molecule has 0 radical (unpaired) electrons. The number of halogens is 2. The van der Waals surface area contributed by atoms with Crippen molar-refractivity contribution in [1.29, 1.82) is 0 Å². The molecule has 0 bridgehead atoms. The molecule has 0 heterocycles. The minimum absolute atomic E-state index is 0.137. The lowest BCUT2D eigenvalue weighted by atomic mass is 10.0. The van der Waals surface area contributed by atoms with Crippen molar-refractivity contribution in [3.05, 3.63) is 106 Å². The molecule has 3 rings (SSSR count). The first-order valence-corrected chi connectivity index (χ1v) is 10.4. The molecule has 1 atom stereocenters. The Bertz CT molecular complexity index is 1040. The SMILES string of the molecule is CNC(=O)C(Cc1ccccc1)N(Cc1ccccc1Cl)C(=O)Cc1ccccc1F. The summed E-state index contributed by atoms with van der Waals surface area (Å²) in [5.74, 6) is -1.10. The first-order valence-electron chi connectivity index (χ1n) is 10.0. The van der Waals surface area contributed by atoms with Gasteiger partial charge in [-0.3, -0.25) is 9.59 Å². The number of likely N-dealkylation sites (N-methyl/N-ethyl adjacent to an activating group) is 1. The van der Waals surface area contributed by atoms with E-state index in [-0.39, 0.29) is 30.3 Å². The predicted octanol–water partition coefficient (Wildman–Crippen LogP) is 4.41. The Morgan fingerprint density at radius 1 is 0.935 bits per heavy atom. The highest BCUT2D eigenvalue weighted by Gasteiger charge is 2.30. The number of hydrogen-bond donors (Lipinski definition) is 1. The number of carbonyl (C=O) groups is 2. The molecule has 160 valence electrons. The largest absolute Gasteiger partial charge is 0.357 e. The Kier molecular flexibility index (Phi) is 7.79. The van der Waals surface area contributed by atoms with Crippen molar-refractivity contribution in [2.45, 2.75) is 25.4 Å². The molecule has 0 spiro atoms. The van der Waals surface area contributed by atoms with Gasteiger partial charge >= 0.3 is 0 Å². The van der Waals surface area contributed by atoms with Crippen molar-refractivity contribution in [3.63, 3.8) is 0 Å². The minimum Gasteiger partial charge on any atom is -0.357 e. The summed E-state index contributed by atoms with van der Waals surface area (Å²) < 4.78 is 14.2. The van der Waals surface area contributed by atoms with Crippen LogP contribution in [0.1, 0.15) is 16.7 Å². The molecule has 6 heteroatoms. The number of rotatable bonds is 8. The van der Waals surface area contributed by atoms with Gasteiger partial charge < -0.3 is 10.2 Å². The van der Waals surface area contributed by atoms with Gasteiger partial charge in [0.05, 0.1) is 6.42 Å². The third kappa shape index (κ3) is 5.92. The summed E-state index contributed by atoms with van der Waals surface area (Å²) in [5, 5.41) is 3.16. The summed E-state index contributed by atoms with van der Waals surface area (Å²) in [5.41, 5.74) is 1.92. The summed E-state index contributed by atoms with van der Waals surface area (Å²) in [7, 11) is 1.54. The second-order valence-electron chi connectivity index (χ2n) is 7.20. The van der Waals surface area contributed by atoms with Crippen molar-refractivity contribution in [3.8, 4) is 0 Å². The Morgan fingerprint density at radius 2 is 1.55 bits per heavy atom. The number of nitrogens with one attached hydrogen (secondary N) is 1. The summed E-state index contributed by atoms with van der Waals surface area (Å²) >= 11 is 6.34. The average Bonchev–Trinajstić information content (AvgIpc) is 2.79. The van der Waals surface area contributed by atoms with Crippen LogP contribution in [0, 0.1) is 5.82 Å². The third-order valence-electron chi connectivity index (χ3n) is 5.12. The maximum atomic E-state index is 14.2. The molecule has 3 aromatic rings. The van der Waals surface area contributed by atoms with Gasteiger partial charge in [-0.15, -0.1) is 0 Å². The molecular weight excluding hydrogens is 415 g/mol. The molecule has 0 fully saturated rings. The Labute approximate surface area is 186 Å². The van der Waals surface area contributed by atoms with Crippen LogP contribution in [0.3, 0.4) is 0 Å². The van der Waals surface area contributed by atoms with Gasteiger partial charge in [-0.1, -0.05) is 78.3 Å². The predicted molar refractivity (Wildman–Crippen MR) is 120 cm³/mol. The standard InChI is InChI=1S/C25H24ClFN2O2/c1-28-25(31)23(15-18-9-3-2-4-10-18)29(17-20-12-5-7-13-21(20)26)24(30)16-19-11-6-8-14-22(19)27/h2-14,23H,15-17H2,1H3,(H,28,31). The Balaban J connectivity index is 1.97. The molecule has 4 nitrogen and oxygen atoms in total. The van der Waals surface area contributed by atoms with Gasteiger partial charge in [-0.25, -0.2) is 4.39 Å². The minimum atomic E-state index is -0.775. The second kappa shape index (κ2) is 10.7. The molecule has 1 N–H and O–H groups in total. The molecule has 31 heavy (non-hydrogen) atoms. The van der Waals surface area contributed by atoms with Gasteiger partial charge in [0.25, 0.3) is 0 Å². The highest BCUT2D eigenvalue weighted by molar-refractivity contribution is 6.31. The Hall–Kier alpha value is -3.18. The van der Waals surface area contributed by atoms with E-state index in [2.05, 4.69) is 5.32 Å². The molecule has 2 amide bonds. The fourth-order valence-corrected chi connectivity index (χ4v) is 3.63. The van der Waals surface area contributed by atoms with Crippen LogP contribution in [-0.2, 0) is 29.0 Å². The monoisotopic (exact) mass is 438 g/mol. The number of amides is 2. The second-order valence-corrected chi connectivity index (χ2v) is 7.61. The van der Waals surface area contributed by atoms with Crippen LogP contribution >= 0.6 is 11.6 Å². The molecule has 0 aliphatic heterocycles. The first kappa shape index (κ1) is 22.5. The van der Waals surface area contributed by atoms with Gasteiger partial charge in [0.2, 0.25) is 11.8 Å². The third-order valence-corrected chi connectivity index (χ3v) is 5.48. The normalized spacial score (nSPS) is 11.6. The zero-order chi connectivity index (χ0) is 22.2.